The van der Waals surface area contributed by atoms with Crippen LogP contribution in [-0.2, 0) is 13.4 Å². The van der Waals surface area contributed by atoms with Crippen molar-refractivity contribution in [1.29, 1.82) is 0 Å². The SMILES string of the molecule is [CH3][Ge]([CH3])([CH3])[O]C(=O)C=O. The van der Waals surface area contributed by atoms with Crippen LogP contribution >= 0.6 is 0 Å². The average molecular weight is 191 g/mol. The van der Waals surface area contributed by atoms with Gasteiger partial charge in [-0.25, -0.2) is 0 Å². The van der Waals surface area contributed by atoms with Crippen LogP contribution in [0.5, 0.6) is 0 Å². The summed E-state index contributed by atoms with van der Waals surface area (Å²) < 4.78 is 4.77. The molecule has 0 atom stereocenters. The first-order valence-electron chi connectivity index (χ1n) is 2.64. The molecule has 3 nitrogen and oxygen atoms in total. The summed E-state index contributed by atoms with van der Waals surface area (Å²) in [6.45, 7) is 0. The summed E-state index contributed by atoms with van der Waals surface area (Å²) in [6, 6.07) is 0. The van der Waals surface area contributed by atoms with E-state index < -0.39 is 19.6 Å². The zero-order chi connectivity index (χ0) is 7.49. The molecule has 0 radical (unpaired) electrons. The predicted octanol–water partition coefficient (Wildman–Crippen LogP) is 0.563. The predicted molar refractivity (Wildman–Crippen MR) is 35.5 cm³/mol. The van der Waals surface area contributed by atoms with E-state index >= 15 is 0 Å². The zero-order valence-corrected chi connectivity index (χ0v) is 7.90. The number of aldehydes is 1. The Balaban J connectivity index is 3.74. The minimum atomic E-state index is -2.26. The number of hydrogen-bond donors (Lipinski definition) is 0. The molecule has 0 aromatic rings. The molecular weight excluding hydrogens is 181 g/mol. The third-order valence-corrected chi connectivity index (χ3v) is 2.21. The van der Waals surface area contributed by atoms with Gasteiger partial charge in [-0.2, -0.15) is 0 Å². The van der Waals surface area contributed by atoms with Gasteiger partial charge in [0, 0.05) is 0 Å². The monoisotopic (exact) mass is 192 g/mol. The summed E-state index contributed by atoms with van der Waals surface area (Å²) in [5.74, 6) is 4.94. The van der Waals surface area contributed by atoms with Gasteiger partial charge in [0.25, 0.3) is 0 Å². The molecule has 0 amide bonds. The van der Waals surface area contributed by atoms with E-state index in [0.29, 0.717) is 0 Å². The second kappa shape index (κ2) is 3.01. The van der Waals surface area contributed by atoms with Crippen LogP contribution in [0, 0.1) is 0 Å². The van der Waals surface area contributed by atoms with Crippen molar-refractivity contribution < 1.29 is 13.4 Å². The van der Waals surface area contributed by atoms with Crippen LogP contribution in [0.3, 0.4) is 0 Å². The van der Waals surface area contributed by atoms with E-state index in [0.717, 1.165) is 0 Å². The Labute approximate surface area is 57.1 Å². The van der Waals surface area contributed by atoms with E-state index in [2.05, 4.69) is 0 Å². The van der Waals surface area contributed by atoms with Crippen molar-refractivity contribution in [3.05, 3.63) is 0 Å². The molecule has 52 valence electrons. The topological polar surface area (TPSA) is 43.4 Å². The first kappa shape index (κ1) is 8.68. The van der Waals surface area contributed by atoms with Gasteiger partial charge >= 0.3 is 56.5 Å². The van der Waals surface area contributed by atoms with Gasteiger partial charge in [0.2, 0.25) is 0 Å². The van der Waals surface area contributed by atoms with Crippen LogP contribution in [0.25, 0.3) is 0 Å². The minimum absolute atomic E-state index is 0.205. The van der Waals surface area contributed by atoms with Crippen LogP contribution in [0.4, 0.5) is 0 Å². The standard InChI is InChI=1S/C5H10GeO3/c1-6(2,3)9-5(8)4-7/h4H,1-3H3. The number of carbonyl (C=O) groups excluding carboxylic acids is 2. The summed E-state index contributed by atoms with van der Waals surface area (Å²) in [6.07, 6.45) is 0.205. The van der Waals surface area contributed by atoms with Crippen molar-refractivity contribution in [3.63, 3.8) is 0 Å². The van der Waals surface area contributed by atoms with Gasteiger partial charge in [-0.1, -0.05) is 0 Å². The molecule has 0 heterocycles. The fraction of sp³-hybridized carbons (Fsp3) is 0.600. The number of hydrogen-bond acceptors (Lipinski definition) is 3. The Kier molecular flexibility index (Phi) is 2.90. The molecule has 0 fully saturated rings. The molecule has 0 bridgehead atoms. The van der Waals surface area contributed by atoms with Gasteiger partial charge in [-0.05, 0) is 0 Å². The van der Waals surface area contributed by atoms with E-state index in [1.54, 1.807) is 0 Å². The molecule has 0 saturated heterocycles. The molecule has 0 aliphatic carbocycles. The molecule has 9 heavy (non-hydrogen) atoms. The second-order valence-corrected chi connectivity index (χ2v) is 11.9. The van der Waals surface area contributed by atoms with E-state index in [1.807, 2.05) is 17.3 Å². The van der Waals surface area contributed by atoms with Gasteiger partial charge in [-0.3, -0.25) is 0 Å². The average Bonchev–Trinajstić information content (AvgIpc) is 1.62. The molecule has 0 unspecified atom stereocenters. The number of carbonyl (C=O) groups is 2. The summed E-state index contributed by atoms with van der Waals surface area (Å²) in [4.78, 5) is 20.0. The second-order valence-electron chi connectivity index (χ2n) is 2.65. The van der Waals surface area contributed by atoms with E-state index in [4.69, 9.17) is 3.76 Å². The van der Waals surface area contributed by atoms with Gasteiger partial charge in [-0.15, -0.1) is 0 Å². The first-order valence-corrected chi connectivity index (χ1v) is 9.79. The summed E-state index contributed by atoms with van der Waals surface area (Å²) in [5, 5.41) is 0. The quantitative estimate of drug-likeness (QED) is 0.363. The van der Waals surface area contributed by atoms with E-state index in [-0.39, 0.29) is 6.29 Å². The van der Waals surface area contributed by atoms with Gasteiger partial charge < -0.3 is 0 Å². The van der Waals surface area contributed by atoms with Crippen LogP contribution in [-0.4, -0.2) is 25.9 Å². The summed E-state index contributed by atoms with van der Waals surface area (Å²) in [5.41, 5.74) is 0. The molecular formula is C5H10GeO3. The Morgan fingerprint density at radius 3 is 2.00 bits per heavy atom. The molecule has 0 aromatic carbocycles. The Morgan fingerprint density at radius 1 is 1.44 bits per heavy atom. The fourth-order valence-corrected chi connectivity index (χ4v) is 1.69. The zero-order valence-electron chi connectivity index (χ0n) is 5.80. The van der Waals surface area contributed by atoms with Gasteiger partial charge in [0.1, 0.15) is 0 Å². The van der Waals surface area contributed by atoms with Crippen molar-refractivity contribution in [2.45, 2.75) is 17.3 Å². The Bertz CT molecular complexity index is 125. The molecule has 0 aromatic heterocycles. The molecule has 0 saturated carbocycles. The third kappa shape index (κ3) is 5.56. The first-order chi connectivity index (χ1) is 3.95. The van der Waals surface area contributed by atoms with Crippen molar-refractivity contribution >= 4 is 25.9 Å². The van der Waals surface area contributed by atoms with Crippen LogP contribution in [0.15, 0.2) is 0 Å². The Hall–Kier alpha value is -0.317. The van der Waals surface area contributed by atoms with Gasteiger partial charge in [0.15, 0.2) is 0 Å². The fourth-order valence-electron chi connectivity index (χ4n) is 0.326. The Morgan fingerprint density at radius 2 is 1.89 bits per heavy atom. The van der Waals surface area contributed by atoms with Crippen molar-refractivity contribution in [1.82, 2.24) is 0 Å². The maximum atomic E-state index is 10.3. The molecule has 0 spiro atoms. The maximum absolute atomic E-state index is 10.3. The van der Waals surface area contributed by atoms with Crippen molar-refractivity contribution in [3.8, 4) is 0 Å². The molecule has 0 N–H and O–H groups in total. The molecule has 0 aliphatic heterocycles. The normalized spacial score (nSPS) is 10.6. The van der Waals surface area contributed by atoms with Crippen molar-refractivity contribution in [2.24, 2.45) is 0 Å². The molecule has 0 rings (SSSR count). The summed E-state index contributed by atoms with van der Waals surface area (Å²) in [7, 11) is 0. The van der Waals surface area contributed by atoms with Crippen LogP contribution < -0.4 is 0 Å². The van der Waals surface area contributed by atoms with Crippen LogP contribution in [0.1, 0.15) is 0 Å². The molecule has 0 aliphatic rings. The number of rotatable bonds is 2. The van der Waals surface area contributed by atoms with Gasteiger partial charge in [0.05, 0.1) is 0 Å². The van der Waals surface area contributed by atoms with E-state index in [9.17, 15) is 9.59 Å². The van der Waals surface area contributed by atoms with E-state index in [1.165, 1.54) is 0 Å². The third-order valence-electron chi connectivity index (χ3n) is 0.503. The van der Waals surface area contributed by atoms with Crippen LogP contribution in [0.2, 0.25) is 17.3 Å². The molecule has 4 heteroatoms. The van der Waals surface area contributed by atoms with Crippen molar-refractivity contribution in [2.75, 3.05) is 0 Å². The summed E-state index contributed by atoms with van der Waals surface area (Å²) >= 11 is -2.26.